The van der Waals surface area contributed by atoms with Gasteiger partial charge in [0, 0.05) is 0 Å². The highest BCUT2D eigenvalue weighted by Crippen LogP contribution is 2.11. The van der Waals surface area contributed by atoms with Gasteiger partial charge < -0.3 is 0 Å². The van der Waals surface area contributed by atoms with Crippen LogP contribution < -0.4 is 0 Å². The van der Waals surface area contributed by atoms with Crippen molar-refractivity contribution in [1.82, 2.24) is 0 Å². The Balaban J connectivity index is -0.000000115. The first kappa shape index (κ1) is 28.8. The molecule has 0 radical (unpaired) electrons. The molecule has 2 rings (SSSR count). The van der Waals surface area contributed by atoms with Crippen molar-refractivity contribution >= 4 is 10.8 Å². The standard InChI is InChI=1S/C10H8.C4H10.4C2H6/c1-2-6-10-8-4-3-7-9(10)5-1;1-3-4-2;4*1-2/h1-8H;3-4H2,1-2H3;4*1-2H3. The zero-order valence-electron chi connectivity index (χ0n) is 17.0. The first-order valence-corrected chi connectivity index (χ1v) is 9.32. The predicted octanol–water partition coefficient (Wildman–Crippen LogP) is 8.75. The highest BCUT2D eigenvalue weighted by atomic mass is 13.9. The van der Waals surface area contributed by atoms with Crippen molar-refractivity contribution in [3.63, 3.8) is 0 Å². The van der Waals surface area contributed by atoms with Crippen LogP contribution in [0.2, 0.25) is 0 Å². The summed E-state index contributed by atoms with van der Waals surface area (Å²) in [4.78, 5) is 0. The van der Waals surface area contributed by atoms with Gasteiger partial charge in [0.25, 0.3) is 0 Å². The summed E-state index contributed by atoms with van der Waals surface area (Å²) in [6, 6.07) is 16.7. The van der Waals surface area contributed by atoms with Crippen molar-refractivity contribution in [2.75, 3.05) is 0 Å². The summed E-state index contributed by atoms with van der Waals surface area (Å²) >= 11 is 0. The molecule has 0 heteroatoms. The van der Waals surface area contributed by atoms with E-state index in [9.17, 15) is 0 Å². The summed E-state index contributed by atoms with van der Waals surface area (Å²) in [7, 11) is 0. The van der Waals surface area contributed by atoms with Gasteiger partial charge in [0.05, 0.1) is 0 Å². The lowest BCUT2D eigenvalue weighted by atomic mass is 10.1. The molecule has 2 aromatic rings. The zero-order chi connectivity index (χ0) is 18.2. The summed E-state index contributed by atoms with van der Waals surface area (Å²) in [5.41, 5.74) is 0. The molecule has 0 unspecified atom stereocenters. The Hall–Kier alpha value is -1.30. The van der Waals surface area contributed by atoms with E-state index in [2.05, 4.69) is 62.4 Å². The minimum Gasteiger partial charge on any atom is -0.0683 e. The first-order valence-electron chi connectivity index (χ1n) is 9.32. The van der Waals surface area contributed by atoms with Gasteiger partial charge in [0.1, 0.15) is 0 Å². The predicted molar refractivity (Wildman–Crippen MR) is 110 cm³/mol. The van der Waals surface area contributed by atoms with Crippen LogP contribution in [0.25, 0.3) is 10.8 Å². The molecular formula is C22H42. The second-order valence-electron chi connectivity index (χ2n) is 3.35. The molecule has 0 saturated heterocycles. The molecule has 0 aliphatic heterocycles. The Morgan fingerprint density at radius 3 is 0.773 bits per heavy atom. The molecule has 0 bridgehead atoms. The normalized spacial score (nSPS) is 7.00. The average Bonchev–Trinajstić information content (AvgIpc) is 2.68. The van der Waals surface area contributed by atoms with E-state index in [1.54, 1.807) is 0 Å². The topological polar surface area (TPSA) is 0 Å². The minimum absolute atomic E-state index is 1.31. The van der Waals surface area contributed by atoms with E-state index >= 15 is 0 Å². The minimum atomic E-state index is 1.31. The average molecular weight is 307 g/mol. The van der Waals surface area contributed by atoms with E-state index in [0.29, 0.717) is 0 Å². The van der Waals surface area contributed by atoms with Crippen LogP contribution in [0.1, 0.15) is 82.1 Å². The smallest absolute Gasteiger partial charge is 0.0184 e. The van der Waals surface area contributed by atoms with Crippen molar-refractivity contribution in [3.05, 3.63) is 48.5 Å². The van der Waals surface area contributed by atoms with Crippen LogP contribution in [0, 0.1) is 0 Å². The lowest BCUT2D eigenvalue weighted by Gasteiger charge is -1.92. The molecule has 2 aromatic carbocycles. The molecule has 0 amide bonds. The number of hydrogen-bond donors (Lipinski definition) is 0. The quantitative estimate of drug-likeness (QED) is 0.494. The van der Waals surface area contributed by atoms with Crippen molar-refractivity contribution in [2.45, 2.75) is 82.1 Å². The molecule has 22 heavy (non-hydrogen) atoms. The van der Waals surface area contributed by atoms with Crippen LogP contribution in [0.5, 0.6) is 0 Å². The molecule has 0 nitrogen and oxygen atoms in total. The zero-order valence-corrected chi connectivity index (χ0v) is 17.0. The fraction of sp³-hybridized carbons (Fsp3) is 0.545. The molecule has 0 atom stereocenters. The summed E-state index contributed by atoms with van der Waals surface area (Å²) < 4.78 is 0. The van der Waals surface area contributed by atoms with E-state index in [-0.39, 0.29) is 0 Å². The van der Waals surface area contributed by atoms with E-state index in [4.69, 9.17) is 0 Å². The molecule has 0 N–H and O–H groups in total. The Labute approximate surface area is 142 Å². The van der Waals surface area contributed by atoms with Gasteiger partial charge in [0.2, 0.25) is 0 Å². The molecule has 130 valence electrons. The van der Waals surface area contributed by atoms with E-state index < -0.39 is 0 Å². The highest BCUT2D eigenvalue weighted by molar-refractivity contribution is 5.81. The second-order valence-corrected chi connectivity index (χ2v) is 3.35. The Morgan fingerprint density at radius 2 is 0.636 bits per heavy atom. The van der Waals surface area contributed by atoms with Gasteiger partial charge >= 0.3 is 0 Å². The highest BCUT2D eigenvalue weighted by Gasteiger charge is 1.85. The van der Waals surface area contributed by atoms with Gasteiger partial charge in [-0.2, -0.15) is 0 Å². The number of unbranched alkanes of at least 4 members (excludes halogenated alkanes) is 1. The van der Waals surface area contributed by atoms with Gasteiger partial charge in [-0.15, -0.1) is 0 Å². The molecule has 0 fully saturated rings. The summed E-state index contributed by atoms with van der Waals surface area (Å²) in [6.07, 6.45) is 2.64. The van der Waals surface area contributed by atoms with Crippen LogP contribution in [0.3, 0.4) is 0 Å². The van der Waals surface area contributed by atoms with Gasteiger partial charge in [-0.05, 0) is 10.8 Å². The monoisotopic (exact) mass is 306 g/mol. The fourth-order valence-electron chi connectivity index (χ4n) is 1.13. The van der Waals surface area contributed by atoms with Crippen molar-refractivity contribution in [3.8, 4) is 0 Å². The fourth-order valence-corrected chi connectivity index (χ4v) is 1.13. The van der Waals surface area contributed by atoms with Crippen molar-refractivity contribution < 1.29 is 0 Å². The van der Waals surface area contributed by atoms with Crippen molar-refractivity contribution in [1.29, 1.82) is 0 Å². The third kappa shape index (κ3) is 18.7. The number of benzene rings is 2. The SMILES string of the molecule is CC.CC.CC.CC.CCCC.c1ccc2ccccc2c1. The van der Waals surface area contributed by atoms with Crippen LogP contribution >= 0.6 is 0 Å². The van der Waals surface area contributed by atoms with Gasteiger partial charge in [-0.3, -0.25) is 0 Å². The van der Waals surface area contributed by atoms with Crippen LogP contribution in [-0.2, 0) is 0 Å². The summed E-state index contributed by atoms with van der Waals surface area (Å²) in [6.45, 7) is 20.4. The van der Waals surface area contributed by atoms with E-state index in [1.807, 2.05) is 55.4 Å². The third-order valence-corrected chi connectivity index (χ3v) is 2.16. The molecule has 0 aromatic heterocycles. The second kappa shape index (κ2) is 31.9. The molecule has 0 heterocycles. The first-order chi connectivity index (χ1) is 10.9. The maximum atomic E-state index is 2.18. The van der Waals surface area contributed by atoms with Crippen molar-refractivity contribution in [2.24, 2.45) is 0 Å². The molecule has 0 aliphatic rings. The summed E-state index contributed by atoms with van der Waals surface area (Å²) in [5.74, 6) is 0. The third-order valence-electron chi connectivity index (χ3n) is 2.16. The van der Waals surface area contributed by atoms with E-state index in [0.717, 1.165) is 0 Å². The molecule has 0 spiro atoms. The van der Waals surface area contributed by atoms with Gasteiger partial charge in [-0.25, -0.2) is 0 Å². The summed E-state index contributed by atoms with van der Waals surface area (Å²) in [5, 5.41) is 2.62. The van der Waals surface area contributed by atoms with Crippen LogP contribution in [0.15, 0.2) is 48.5 Å². The van der Waals surface area contributed by atoms with Gasteiger partial charge in [0.15, 0.2) is 0 Å². The Kier molecular flexibility index (Phi) is 41.7. The number of hydrogen-bond acceptors (Lipinski definition) is 0. The van der Waals surface area contributed by atoms with Crippen LogP contribution in [-0.4, -0.2) is 0 Å². The molecular weight excluding hydrogens is 264 g/mol. The van der Waals surface area contributed by atoms with E-state index in [1.165, 1.54) is 23.6 Å². The lowest BCUT2D eigenvalue weighted by Crippen LogP contribution is -1.67. The largest absolute Gasteiger partial charge is 0.0683 e. The lowest BCUT2D eigenvalue weighted by molar-refractivity contribution is 0.886. The molecule has 0 aliphatic carbocycles. The maximum absolute atomic E-state index is 2.18. The van der Waals surface area contributed by atoms with Crippen LogP contribution in [0.4, 0.5) is 0 Å². The Morgan fingerprint density at radius 1 is 0.455 bits per heavy atom. The number of rotatable bonds is 1. The van der Waals surface area contributed by atoms with Gasteiger partial charge in [-0.1, -0.05) is 131 Å². The maximum Gasteiger partial charge on any atom is -0.0184 e. The number of fused-ring (bicyclic) bond motifs is 1. The molecule has 0 saturated carbocycles. The Bertz CT molecular complexity index is 296.